The molecule has 0 unspecified atom stereocenters. The SMILES string of the molecule is Nc1cc(Br)cc(Br)c1NS(=O)(=O)c1cc(Cl)ccc1Cl. The zero-order chi connectivity index (χ0) is 15.8. The van der Waals surface area contributed by atoms with Gasteiger partial charge in [0.1, 0.15) is 4.90 Å². The number of benzene rings is 2. The number of nitrogens with one attached hydrogen (secondary N) is 1. The first-order valence-electron chi connectivity index (χ1n) is 5.43. The number of hydrogen-bond acceptors (Lipinski definition) is 3. The van der Waals surface area contributed by atoms with Crippen molar-refractivity contribution in [3.05, 3.63) is 49.3 Å². The summed E-state index contributed by atoms with van der Waals surface area (Å²) in [5, 5.41) is 0.335. The standard InChI is InChI=1S/C12H8Br2Cl2N2O2S/c13-6-3-8(14)12(10(17)4-6)18-21(19,20)11-5-7(15)1-2-9(11)16/h1-5,18H,17H2. The quantitative estimate of drug-likeness (QED) is 0.621. The molecular weight excluding hydrogens is 467 g/mol. The third kappa shape index (κ3) is 3.84. The number of hydrogen-bond donors (Lipinski definition) is 2. The highest BCUT2D eigenvalue weighted by atomic mass is 79.9. The maximum Gasteiger partial charge on any atom is 0.263 e. The minimum atomic E-state index is -3.92. The van der Waals surface area contributed by atoms with Crippen LogP contribution in [0.5, 0.6) is 0 Å². The van der Waals surface area contributed by atoms with Gasteiger partial charge in [-0.25, -0.2) is 8.42 Å². The van der Waals surface area contributed by atoms with E-state index in [4.69, 9.17) is 28.9 Å². The van der Waals surface area contributed by atoms with Crippen molar-refractivity contribution in [2.24, 2.45) is 0 Å². The van der Waals surface area contributed by atoms with Gasteiger partial charge in [-0.2, -0.15) is 0 Å². The van der Waals surface area contributed by atoms with Gasteiger partial charge in [0.2, 0.25) is 0 Å². The van der Waals surface area contributed by atoms with Gasteiger partial charge in [0, 0.05) is 14.0 Å². The number of nitrogens with two attached hydrogens (primary N) is 1. The lowest BCUT2D eigenvalue weighted by Crippen LogP contribution is -2.15. The van der Waals surface area contributed by atoms with Crippen LogP contribution < -0.4 is 10.5 Å². The van der Waals surface area contributed by atoms with Crippen molar-refractivity contribution in [3.8, 4) is 0 Å². The fraction of sp³-hybridized carbons (Fsp3) is 0. The fourth-order valence-electron chi connectivity index (χ4n) is 1.57. The molecule has 0 aliphatic heterocycles. The predicted molar refractivity (Wildman–Crippen MR) is 93.5 cm³/mol. The molecule has 3 N–H and O–H groups in total. The minimum absolute atomic E-state index is 0.0682. The highest BCUT2D eigenvalue weighted by Gasteiger charge is 2.21. The van der Waals surface area contributed by atoms with Gasteiger partial charge in [-0.3, -0.25) is 4.72 Å². The first-order valence-corrected chi connectivity index (χ1v) is 9.25. The molecule has 0 aromatic heterocycles. The summed E-state index contributed by atoms with van der Waals surface area (Å²) in [5.41, 5.74) is 6.32. The van der Waals surface area contributed by atoms with Gasteiger partial charge >= 0.3 is 0 Å². The molecular formula is C12H8Br2Cl2N2O2S. The zero-order valence-corrected chi connectivity index (χ0v) is 15.7. The number of anilines is 2. The molecule has 0 saturated heterocycles. The summed E-state index contributed by atoms with van der Waals surface area (Å²) >= 11 is 18.3. The van der Waals surface area contributed by atoms with E-state index in [-0.39, 0.29) is 26.3 Å². The second kappa shape index (κ2) is 6.34. The van der Waals surface area contributed by atoms with E-state index in [9.17, 15) is 8.42 Å². The Morgan fingerprint density at radius 3 is 2.38 bits per heavy atom. The Labute approximate surface area is 148 Å². The van der Waals surface area contributed by atoms with Gasteiger partial charge in [0.15, 0.2) is 0 Å². The van der Waals surface area contributed by atoms with Gasteiger partial charge in [-0.05, 0) is 46.3 Å². The highest BCUT2D eigenvalue weighted by Crippen LogP contribution is 2.35. The number of rotatable bonds is 3. The second-order valence-corrected chi connectivity index (χ2v) is 8.30. The van der Waals surface area contributed by atoms with Crippen LogP contribution in [0.1, 0.15) is 0 Å². The predicted octanol–water partition coefficient (Wildman–Crippen LogP) is 4.90. The monoisotopic (exact) mass is 472 g/mol. The van der Waals surface area contributed by atoms with Crippen molar-refractivity contribution in [2.75, 3.05) is 10.5 Å². The van der Waals surface area contributed by atoms with E-state index in [1.54, 1.807) is 12.1 Å². The van der Waals surface area contributed by atoms with Crippen molar-refractivity contribution < 1.29 is 8.42 Å². The average Bonchev–Trinajstić information content (AvgIpc) is 2.36. The average molecular weight is 475 g/mol. The molecule has 0 aliphatic rings. The van der Waals surface area contributed by atoms with Crippen molar-refractivity contribution >= 4 is 76.5 Å². The molecule has 0 saturated carbocycles. The van der Waals surface area contributed by atoms with Crippen LogP contribution in [0.3, 0.4) is 0 Å². The molecule has 0 heterocycles. The molecule has 2 aromatic carbocycles. The topological polar surface area (TPSA) is 72.2 Å². The highest BCUT2D eigenvalue weighted by molar-refractivity contribution is 9.11. The lowest BCUT2D eigenvalue weighted by molar-refractivity contribution is 0.601. The van der Waals surface area contributed by atoms with Crippen LogP contribution in [0.2, 0.25) is 10.0 Å². The molecule has 0 fully saturated rings. The van der Waals surface area contributed by atoms with E-state index in [0.717, 1.165) is 4.47 Å². The third-order valence-corrected chi connectivity index (χ3v) is 5.65. The van der Waals surface area contributed by atoms with E-state index < -0.39 is 10.0 Å². The summed E-state index contributed by atoms with van der Waals surface area (Å²) < 4.78 is 28.5. The first-order chi connectivity index (χ1) is 9.70. The van der Waals surface area contributed by atoms with Crippen LogP contribution in [-0.4, -0.2) is 8.42 Å². The summed E-state index contributed by atoms with van der Waals surface area (Å²) in [6.45, 7) is 0. The molecule has 21 heavy (non-hydrogen) atoms. The van der Waals surface area contributed by atoms with Gasteiger partial charge in [-0.15, -0.1) is 0 Å². The van der Waals surface area contributed by atoms with Crippen molar-refractivity contribution in [2.45, 2.75) is 4.90 Å². The van der Waals surface area contributed by atoms with Crippen LogP contribution in [0.4, 0.5) is 11.4 Å². The number of sulfonamides is 1. The molecule has 0 atom stereocenters. The maximum absolute atomic E-state index is 12.4. The zero-order valence-electron chi connectivity index (χ0n) is 10.2. The lowest BCUT2D eigenvalue weighted by Gasteiger charge is -2.13. The Morgan fingerprint density at radius 2 is 1.76 bits per heavy atom. The Morgan fingerprint density at radius 1 is 1.10 bits per heavy atom. The molecule has 0 aliphatic carbocycles. The van der Waals surface area contributed by atoms with E-state index in [1.807, 2.05) is 0 Å². The van der Waals surface area contributed by atoms with Crippen LogP contribution in [0, 0.1) is 0 Å². The molecule has 0 radical (unpaired) electrons. The first kappa shape index (κ1) is 16.9. The molecule has 4 nitrogen and oxygen atoms in total. The smallest absolute Gasteiger partial charge is 0.263 e. The Balaban J connectivity index is 2.50. The molecule has 0 amide bonds. The van der Waals surface area contributed by atoms with Crippen molar-refractivity contribution in [3.63, 3.8) is 0 Å². The van der Waals surface area contributed by atoms with Crippen LogP contribution >= 0.6 is 55.1 Å². The molecule has 9 heteroatoms. The molecule has 0 spiro atoms. The van der Waals surface area contributed by atoms with Crippen molar-refractivity contribution in [1.82, 2.24) is 0 Å². The third-order valence-electron chi connectivity index (χ3n) is 2.50. The Bertz CT molecular complexity index is 790. The number of nitrogen functional groups attached to an aromatic ring is 1. The van der Waals surface area contributed by atoms with Gasteiger partial charge in [0.25, 0.3) is 10.0 Å². The normalized spacial score (nSPS) is 11.4. The van der Waals surface area contributed by atoms with E-state index in [1.165, 1.54) is 18.2 Å². The second-order valence-electron chi connectivity index (χ2n) is 4.03. The number of halogens is 4. The Hall–Kier alpha value is -0.470. The van der Waals surface area contributed by atoms with Crippen LogP contribution in [0.25, 0.3) is 0 Å². The van der Waals surface area contributed by atoms with Crippen molar-refractivity contribution in [1.29, 1.82) is 0 Å². The summed E-state index contributed by atoms with van der Waals surface area (Å²) in [6.07, 6.45) is 0. The summed E-state index contributed by atoms with van der Waals surface area (Å²) in [5.74, 6) is 0. The largest absolute Gasteiger partial charge is 0.397 e. The van der Waals surface area contributed by atoms with Crippen LogP contribution in [0.15, 0.2) is 44.2 Å². The Kier molecular flexibility index (Phi) is 5.10. The van der Waals surface area contributed by atoms with Gasteiger partial charge < -0.3 is 5.73 Å². The molecule has 2 aromatic rings. The van der Waals surface area contributed by atoms with Gasteiger partial charge in [-0.1, -0.05) is 39.1 Å². The molecule has 0 bridgehead atoms. The van der Waals surface area contributed by atoms with E-state index in [2.05, 4.69) is 36.6 Å². The maximum atomic E-state index is 12.4. The van der Waals surface area contributed by atoms with E-state index in [0.29, 0.717) is 4.47 Å². The summed E-state index contributed by atoms with van der Waals surface area (Å²) in [7, 11) is -3.92. The van der Waals surface area contributed by atoms with Gasteiger partial charge in [0.05, 0.1) is 16.4 Å². The lowest BCUT2D eigenvalue weighted by atomic mass is 10.3. The summed E-state index contributed by atoms with van der Waals surface area (Å²) in [4.78, 5) is -0.120. The summed E-state index contributed by atoms with van der Waals surface area (Å²) in [6, 6.07) is 7.45. The molecule has 112 valence electrons. The van der Waals surface area contributed by atoms with Crippen LogP contribution in [-0.2, 0) is 10.0 Å². The molecule has 2 rings (SSSR count). The van der Waals surface area contributed by atoms with E-state index >= 15 is 0 Å². The minimum Gasteiger partial charge on any atom is -0.397 e. The fourth-order valence-corrected chi connectivity index (χ4v) is 4.93.